The Bertz CT molecular complexity index is 597. The second kappa shape index (κ2) is 5.13. The Morgan fingerprint density at radius 3 is 2.79 bits per heavy atom. The van der Waals surface area contributed by atoms with Crippen LogP contribution in [0.15, 0.2) is 12.4 Å². The highest BCUT2D eigenvalue weighted by Crippen LogP contribution is 2.10. The highest BCUT2D eigenvalue weighted by molar-refractivity contribution is 5.98. The quantitative estimate of drug-likeness (QED) is 0.825. The van der Waals surface area contributed by atoms with Gasteiger partial charge in [-0.2, -0.15) is 10.2 Å². The molecule has 3 N–H and O–H groups in total. The van der Waals surface area contributed by atoms with Gasteiger partial charge in [-0.3, -0.25) is 14.2 Å². The van der Waals surface area contributed by atoms with Crippen molar-refractivity contribution in [3.05, 3.63) is 29.2 Å². The summed E-state index contributed by atoms with van der Waals surface area (Å²) in [6.07, 6.45) is 4.21. The second-order valence-corrected chi connectivity index (χ2v) is 4.38. The number of hydrogen-bond donors (Lipinski definition) is 2. The van der Waals surface area contributed by atoms with Crippen LogP contribution in [0.1, 0.15) is 28.5 Å². The molecule has 0 aliphatic heterocycles. The first-order valence-corrected chi connectivity index (χ1v) is 6.10. The number of amides is 1. The number of aryl methyl sites for hydroxylation is 3. The topological polar surface area (TPSA) is 90.8 Å². The first-order chi connectivity index (χ1) is 9.02. The molecule has 0 unspecified atom stereocenters. The van der Waals surface area contributed by atoms with Crippen LogP contribution in [0.5, 0.6) is 0 Å². The molecule has 0 aliphatic carbocycles. The number of carbonyl (C=O) groups is 1. The summed E-state index contributed by atoms with van der Waals surface area (Å²) < 4.78 is 3.22. The van der Waals surface area contributed by atoms with Crippen molar-refractivity contribution < 1.29 is 4.79 Å². The van der Waals surface area contributed by atoms with Crippen molar-refractivity contribution in [3.8, 4) is 0 Å². The number of carbonyl (C=O) groups excluding carboxylic acids is 1. The number of hydrogen-bond acceptors (Lipinski definition) is 4. The molecule has 0 bridgehead atoms. The summed E-state index contributed by atoms with van der Waals surface area (Å²) in [7, 11) is 3.56. The van der Waals surface area contributed by atoms with E-state index in [4.69, 9.17) is 5.73 Å². The maximum Gasteiger partial charge on any atom is 0.256 e. The molecule has 102 valence electrons. The number of nitrogens with zero attached hydrogens (tertiary/aromatic N) is 4. The van der Waals surface area contributed by atoms with E-state index in [0.717, 1.165) is 17.7 Å². The Morgan fingerprint density at radius 2 is 2.21 bits per heavy atom. The van der Waals surface area contributed by atoms with Crippen LogP contribution in [0.4, 0.5) is 5.82 Å². The number of rotatable bonds is 4. The number of nitrogens with two attached hydrogens (primary N) is 1. The van der Waals surface area contributed by atoms with Gasteiger partial charge < -0.3 is 11.1 Å². The van der Waals surface area contributed by atoms with Crippen LogP contribution in [0, 0.1) is 0 Å². The SMILES string of the molecule is CCc1nn(C)cc1CNC(=O)c1cnn(C)c1N. The molecule has 0 radical (unpaired) electrons. The third-order valence-corrected chi connectivity index (χ3v) is 3.00. The van der Waals surface area contributed by atoms with Crippen molar-refractivity contribution in [2.24, 2.45) is 14.1 Å². The van der Waals surface area contributed by atoms with Crippen LogP contribution in [0.2, 0.25) is 0 Å². The van der Waals surface area contributed by atoms with E-state index < -0.39 is 0 Å². The van der Waals surface area contributed by atoms with E-state index in [2.05, 4.69) is 15.5 Å². The largest absolute Gasteiger partial charge is 0.383 e. The Labute approximate surface area is 111 Å². The maximum absolute atomic E-state index is 12.0. The number of nitrogens with one attached hydrogen (secondary N) is 1. The highest BCUT2D eigenvalue weighted by Gasteiger charge is 2.14. The third-order valence-electron chi connectivity index (χ3n) is 3.00. The monoisotopic (exact) mass is 262 g/mol. The fraction of sp³-hybridized carbons (Fsp3) is 0.417. The molecular formula is C12H18N6O. The normalized spacial score (nSPS) is 10.7. The molecule has 2 rings (SSSR count). The standard InChI is InChI=1S/C12H18N6O/c1-4-10-8(7-17(2)16-10)5-14-12(19)9-6-15-18(3)11(9)13/h6-7H,4-5,13H2,1-3H3,(H,14,19). The Hall–Kier alpha value is -2.31. The molecule has 0 spiro atoms. The summed E-state index contributed by atoms with van der Waals surface area (Å²) in [5.41, 5.74) is 8.15. The molecule has 7 heteroatoms. The minimum absolute atomic E-state index is 0.225. The molecule has 7 nitrogen and oxygen atoms in total. The Balaban J connectivity index is 2.06. The molecule has 19 heavy (non-hydrogen) atoms. The summed E-state index contributed by atoms with van der Waals surface area (Å²) >= 11 is 0. The molecule has 0 saturated carbocycles. The molecule has 0 aliphatic rings. The van der Waals surface area contributed by atoms with Crippen molar-refractivity contribution in [2.45, 2.75) is 19.9 Å². The average Bonchev–Trinajstić information content (AvgIpc) is 2.91. The minimum atomic E-state index is -0.225. The molecule has 0 atom stereocenters. The van der Waals surface area contributed by atoms with E-state index in [1.165, 1.54) is 10.9 Å². The second-order valence-electron chi connectivity index (χ2n) is 4.38. The lowest BCUT2D eigenvalue weighted by Gasteiger charge is -2.04. The zero-order valence-electron chi connectivity index (χ0n) is 11.3. The highest BCUT2D eigenvalue weighted by atomic mass is 16.1. The number of aromatic nitrogens is 4. The predicted octanol–water partition coefficient (Wildman–Crippen LogP) is 0.228. The van der Waals surface area contributed by atoms with Gasteiger partial charge in [-0.05, 0) is 6.42 Å². The van der Waals surface area contributed by atoms with Gasteiger partial charge in [0, 0.05) is 32.4 Å². The van der Waals surface area contributed by atoms with Gasteiger partial charge in [0.1, 0.15) is 11.4 Å². The van der Waals surface area contributed by atoms with E-state index >= 15 is 0 Å². The summed E-state index contributed by atoms with van der Waals surface area (Å²) in [4.78, 5) is 12.0. The van der Waals surface area contributed by atoms with E-state index in [1.807, 2.05) is 20.2 Å². The maximum atomic E-state index is 12.0. The van der Waals surface area contributed by atoms with Gasteiger partial charge in [-0.1, -0.05) is 6.92 Å². The predicted molar refractivity (Wildman–Crippen MR) is 71.4 cm³/mol. The van der Waals surface area contributed by atoms with Gasteiger partial charge in [0.25, 0.3) is 5.91 Å². The Kier molecular flexibility index (Phi) is 3.55. The molecule has 2 heterocycles. The van der Waals surface area contributed by atoms with Crippen LogP contribution in [0.25, 0.3) is 0 Å². The van der Waals surface area contributed by atoms with Gasteiger partial charge >= 0.3 is 0 Å². The van der Waals surface area contributed by atoms with Crippen LogP contribution in [0.3, 0.4) is 0 Å². The number of nitrogen functional groups attached to an aromatic ring is 1. The van der Waals surface area contributed by atoms with Gasteiger partial charge in [-0.15, -0.1) is 0 Å². The first-order valence-electron chi connectivity index (χ1n) is 6.10. The lowest BCUT2D eigenvalue weighted by atomic mass is 10.2. The zero-order valence-corrected chi connectivity index (χ0v) is 11.3. The van der Waals surface area contributed by atoms with Crippen molar-refractivity contribution in [1.82, 2.24) is 24.9 Å². The van der Waals surface area contributed by atoms with Crippen LogP contribution in [-0.2, 0) is 27.1 Å². The molecule has 0 saturated heterocycles. The Morgan fingerprint density at radius 1 is 1.47 bits per heavy atom. The van der Waals surface area contributed by atoms with E-state index in [-0.39, 0.29) is 5.91 Å². The molecule has 1 amide bonds. The fourth-order valence-corrected chi connectivity index (χ4v) is 1.92. The van der Waals surface area contributed by atoms with Gasteiger partial charge in [0.2, 0.25) is 0 Å². The van der Waals surface area contributed by atoms with E-state index in [1.54, 1.807) is 11.7 Å². The van der Waals surface area contributed by atoms with Crippen LogP contribution < -0.4 is 11.1 Å². The van der Waals surface area contributed by atoms with Crippen molar-refractivity contribution in [1.29, 1.82) is 0 Å². The van der Waals surface area contributed by atoms with E-state index in [0.29, 0.717) is 17.9 Å². The smallest absolute Gasteiger partial charge is 0.256 e. The summed E-state index contributed by atoms with van der Waals surface area (Å²) in [6, 6.07) is 0. The number of anilines is 1. The molecule has 2 aromatic rings. The van der Waals surface area contributed by atoms with Gasteiger partial charge in [-0.25, -0.2) is 0 Å². The first kappa shape index (κ1) is 13.1. The lowest BCUT2D eigenvalue weighted by Crippen LogP contribution is -2.23. The van der Waals surface area contributed by atoms with Crippen molar-refractivity contribution in [2.75, 3.05) is 5.73 Å². The molecular weight excluding hydrogens is 244 g/mol. The van der Waals surface area contributed by atoms with Gasteiger partial charge in [0.05, 0.1) is 11.9 Å². The molecule has 0 fully saturated rings. The average molecular weight is 262 g/mol. The fourth-order valence-electron chi connectivity index (χ4n) is 1.92. The van der Waals surface area contributed by atoms with Crippen LogP contribution in [-0.4, -0.2) is 25.5 Å². The molecule has 0 aromatic carbocycles. The third kappa shape index (κ3) is 2.59. The summed E-state index contributed by atoms with van der Waals surface area (Å²) in [5.74, 6) is 0.135. The molecule has 2 aromatic heterocycles. The van der Waals surface area contributed by atoms with Crippen LogP contribution >= 0.6 is 0 Å². The lowest BCUT2D eigenvalue weighted by molar-refractivity contribution is 0.0951. The van der Waals surface area contributed by atoms with Crippen molar-refractivity contribution in [3.63, 3.8) is 0 Å². The van der Waals surface area contributed by atoms with Crippen molar-refractivity contribution >= 4 is 11.7 Å². The van der Waals surface area contributed by atoms with Gasteiger partial charge in [0.15, 0.2) is 0 Å². The summed E-state index contributed by atoms with van der Waals surface area (Å²) in [5, 5.41) is 11.1. The summed E-state index contributed by atoms with van der Waals surface area (Å²) in [6.45, 7) is 2.47. The minimum Gasteiger partial charge on any atom is -0.383 e. The van der Waals surface area contributed by atoms with E-state index in [9.17, 15) is 4.79 Å². The zero-order chi connectivity index (χ0) is 14.0.